The van der Waals surface area contributed by atoms with Crippen molar-refractivity contribution < 1.29 is 33.5 Å². The minimum Gasteiger partial charge on any atom is -0.236 e. The maximum Gasteiger partial charge on any atom is 0.170 e. The van der Waals surface area contributed by atoms with Crippen LogP contribution in [0.2, 0.25) is 0 Å². The van der Waals surface area contributed by atoms with Crippen molar-refractivity contribution in [3.8, 4) is 0 Å². The maximum atomic E-state index is 8.49. The summed E-state index contributed by atoms with van der Waals surface area (Å²) in [5, 5.41) is 0. The Morgan fingerprint density at radius 2 is 1.41 bits per heavy atom. The Kier molecular flexibility index (Phi) is 5.54. The molecule has 0 aliphatic carbocycles. The van der Waals surface area contributed by atoms with E-state index in [2.05, 4.69) is 41.1 Å². The molecular weight excluding hydrogens is 246 g/mol. The normalized spacial score (nSPS) is 15.2. The molecule has 5 nitrogen and oxygen atoms in total. The van der Waals surface area contributed by atoms with Gasteiger partial charge in [-0.2, -0.15) is 0 Å². The smallest absolute Gasteiger partial charge is 0.170 e. The van der Waals surface area contributed by atoms with E-state index in [0.717, 1.165) is 0 Å². The third-order valence-electron chi connectivity index (χ3n) is 2.27. The van der Waals surface area contributed by atoms with Crippen molar-refractivity contribution in [2.75, 3.05) is 13.1 Å². The van der Waals surface area contributed by atoms with Crippen molar-refractivity contribution in [3.63, 3.8) is 0 Å². The van der Waals surface area contributed by atoms with Gasteiger partial charge in [-0.1, -0.05) is 18.2 Å². The van der Waals surface area contributed by atoms with E-state index >= 15 is 0 Å². The van der Waals surface area contributed by atoms with Crippen LogP contribution in [0.15, 0.2) is 30.3 Å². The molecule has 0 unspecified atom stereocenters. The fraction of sp³-hybridized carbons (Fsp3) is 0.364. The highest BCUT2D eigenvalue weighted by atomic mass is 35.7. The number of nitrogens with zero attached hydrogens (tertiary/aromatic N) is 1. The molecule has 0 N–H and O–H groups in total. The molecule has 0 atom stereocenters. The molecule has 0 saturated carbocycles. The summed E-state index contributed by atoms with van der Waals surface area (Å²) in [5.41, 5.74) is 1.32. The monoisotopic (exact) mass is 259 g/mol. The third kappa shape index (κ3) is 7.84. The van der Waals surface area contributed by atoms with Gasteiger partial charge in [-0.25, -0.2) is 23.2 Å². The Balaban J connectivity index is 0.000000249. The van der Waals surface area contributed by atoms with Crippen LogP contribution in [-0.4, -0.2) is 23.9 Å². The zero-order valence-electron chi connectivity index (χ0n) is 9.25. The van der Waals surface area contributed by atoms with Gasteiger partial charge in [-0.3, -0.25) is 0 Å². The molecule has 1 aliphatic heterocycles. The summed E-state index contributed by atoms with van der Waals surface area (Å²) in [6.07, 6.45) is 4.96. The topological polar surface area (TPSA) is 95.2 Å². The highest BCUT2D eigenvalue weighted by Gasteiger charge is 2.11. The van der Waals surface area contributed by atoms with Crippen molar-refractivity contribution in [2.24, 2.45) is 0 Å². The van der Waals surface area contributed by atoms with E-state index in [1.165, 1.54) is 31.5 Å². The lowest BCUT2D eigenvalue weighted by molar-refractivity contribution is -2.00. The van der Waals surface area contributed by atoms with Gasteiger partial charge in [0.25, 0.3) is 0 Å². The molecule has 1 aliphatic rings. The minimum atomic E-state index is -4.94. The molecular formula is C11H14ClNO4. The Morgan fingerprint density at radius 1 is 0.941 bits per heavy atom. The van der Waals surface area contributed by atoms with Crippen molar-refractivity contribution in [1.82, 2.24) is 0 Å². The van der Waals surface area contributed by atoms with Crippen molar-refractivity contribution >= 4 is 6.21 Å². The molecule has 0 bridgehead atoms. The van der Waals surface area contributed by atoms with E-state index in [0.29, 0.717) is 0 Å². The van der Waals surface area contributed by atoms with Crippen LogP contribution in [0.3, 0.4) is 0 Å². The van der Waals surface area contributed by atoms with Crippen LogP contribution < -0.4 is 18.6 Å². The number of hydrogen-bond donors (Lipinski definition) is 0. The van der Waals surface area contributed by atoms with Gasteiger partial charge in [0.05, 0.1) is 0 Å². The third-order valence-corrected chi connectivity index (χ3v) is 2.27. The highest BCUT2D eigenvalue weighted by Crippen LogP contribution is 2.02. The molecule has 1 saturated heterocycles. The molecule has 17 heavy (non-hydrogen) atoms. The lowest BCUT2D eigenvalue weighted by Gasteiger charge is -2.17. The van der Waals surface area contributed by atoms with Gasteiger partial charge in [-0.05, 0) is 12.1 Å². The second-order valence-electron chi connectivity index (χ2n) is 3.66. The molecule has 0 spiro atoms. The molecule has 1 heterocycles. The van der Waals surface area contributed by atoms with E-state index < -0.39 is 10.2 Å². The fourth-order valence-corrected chi connectivity index (χ4v) is 1.62. The van der Waals surface area contributed by atoms with E-state index in [1.807, 2.05) is 0 Å². The van der Waals surface area contributed by atoms with Crippen LogP contribution in [0.4, 0.5) is 0 Å². The first-order valence-electron chi connectivity index (χ1n) is 5.21. The van der Waals surface area contributed by atoms with E-state index in [-0.39, 0.29) is 0 Å². The van der Waals surface area contributed by atoms with Gasteiger partial charge >= 0.3 is 0 Å². The van der Waals surface area contributed by atoms with Gasteiger partial charge in [0.15, 0.2) is 6.21 Å². The number of halogens is 1. The minimum absolute atomic E-state index is 1.23. The highest BCUT2D eigenvalue weighted by molar-refractivity contribution is 5.75. The summed E-state index contributed by atoms with van der Waals surface area (Å²) < 4.78 is 36.4. The Morgan fingerprint density at radius 3 is 1.88 bits per heavy atom. The van der Waals surface area contributed by atoms with Crippen molar-refractivity contribution in [1.29, 1.82) is 0 Å². The number of rotatable bonds is 1. The van der Waals surface area contributed by atoms with Crippen LogP contribution in [0.25, 0.3) is 0 Å². The van der Waals surface area contributed by atoms with Crippen molar-refractivity contribution in [2.45, 2.75) is 12.8 Å². The number of hydrogen-bond acceptors (Lipinski definition) is 4. The van der Waals surface area contributed by atoms with E-state index in [4.69, 9.17) is 18.6 Å². The summed E-state index contributed by atoms with van der Waals surface area (Å²) in [6.45, 7) is 2.46. The van der Waals surface area contributed by atoms with Gasteiger partial charge in [0.2, 0.25) is 0 Å². The second-order valence-corrected chi connectivity index (χ2v) is 4.42. The first-order valence-corrected chi connectivity index (χ1v) is 6.44. The average molecular weight is 260 g/mol. The van der Waals surface area contributed by atoms with Crippen LogP contribution in [0, 0.1) is 10.2 Å². The fourth-order valence-electron chi connectivity index (χ4n) is 1.62. The first-order chi connectivity index (χ1) is 7.95. The van der Waals surface area contributed by atoms with Crippen molar-refractivity contribution in [3.05, 3.63) is 35.9 Å². The zero-order chi connectivity index (χ0) is 12.7. The zero-order valence-corrected chi connectivity index (χ0v) is 10.0. The molecule has 6 heteroatoms. The van der Waals surface area contributed by atoms with E-state index in [9.17, 15) is 0 Å². The summed E-state index contributed by atoms with van der Waals surface area (Å²) in [7, 11) is -4.94. The van der Waals surface area contributed by atoms with Crippen LogP contribution in [0.1, 0.15) is 18.4 Å². The Bertz CT molecular complexity index is 347. The lowest BCUT2D eigenvalue weighted by atomic mass is 10.2. The molecule has 1 aromatic rings. The van der Waals surface area contributed by atoms with Gasteiger partial charge in [-0.15, -0.1) is 10.2 Å². The second kappa shape index (κ2) is 6.68. The van der Waals surface area contributed by atoms with Crippen LogP contribution >= 0.6 is 0 Å². The predicted octanol–water partition coefficient (Wildman–Crippen LogP) is -2.84. The van der Waals surface area contributed by atoms with Gasteiger partial charge in [0, 0.05) is 18.4 Å². The molecule has 0 aromatic heterocycles. The van der Waals surface area contributed by atoms with Gasteiger partial charge < -0.3 is 0 Å². The molecule has 94 valence electrons. The molecule has 1 fully saturated rings. The summed E-state index contributed by atoms with van der Waals surface area (Å²) in [6, 6.07) is 10.5. The molecule has 0 radical (unpaired) electrons. The summed E-state index contributed by atoms with van der Waals surface area (Å²) in [4.78, 5) is 0. The van der Waals surface area contributed by atoms with Crippen LogP contribution in [0.5, 0.6) is 0 Å². The van der Waals surface area contributed by atoms with Gasteiger partial charge in [0.1, 0.15) is 13.1 Å². The Hall–Kier alpha value is -0.980. The first kappa shape index (κ1) is 14.1. The quantitative estimate of drug-likeness (QED) is 0.508. The maximum absolute atomic E-state index is 8.49. The van der Waals surface area contributed by atoms with E-state index in [1.54, 1.807) is 0 Å². The predicted molar refractivity (Wildman–Crippen MR) is 50.8 cm³/mol. The summed E-state index contributed by atoms with van der Waals surface area (Å²) >= 11 is 0. The average Bonchev–Trinajstić information content (AvgIpc) is 2.69. The number of benzene rings is 1. The molecule has 1 aromatic carbocycles. The van der Waals surface area contributed by atoms with Crippen LogP contribution in [-0.2, 0) is 0 Å². The Labute approximate surface area is 102 Å². The SMILES string of the molecule is C(c1ccccc1)=[N+]1CCCC1.[O-][Cl+3]([O-])([O-])[O-]. The lowest BCUT2D eigenvalue weighted by Crippen LogP contribution is -2.68. The molecule has 2 rings (SSSR count). The summed E-state index contributed by atoms with van der Waals surface area (Å²) in [5.74, 6) is 0. The standard InChI is InChI=1S/C11H14N.ClHO4/c1-2-6-11(7-3-1)10-12-8-4-5-9-12;2-1(3,4)5/h1-3,6-7,10H,4-5,8-9H2;(H,2,3,4,5)/q+1;/p-1. The largest absolute Gasteiger partial charge is 0.236 e. The molecule has 0 amide bonds.